The van der Waals surface area contributed by atoms with Crippen molar-refractivity contribution in [3.8, 4) is 0 Å². The summed E-state index contributed by atoms with van der Waals surface area (Å²) < 4.78 is 38.3. The summed E-state index contributed by atoms with van der Waals surface area (Å²) in [6.07, 6.45) is 1.02. The van der Waals surface area contributed by atoms with E-state index in [1.54, 1.807) is 6.07 Å². The summed E-state index contributed by atoms with van der Waals surface area (Å²) in [4.78, 5) is 20.2. The van der Waals surface area contributed by atoms with Gasteiger partial charge in [0.2, 0.25) is 0 Å². The van der Waals surface area contributed by atoms with E-state index in [2.05, 4.69) is 20.6 Å². The predicted octanol–water partition coefficient (Wildman–Crippen LogP) is 3.32. The van der Waals surface area contributed by atoms with E-state index < -0.39 is 17.6 Å². The standard InChI is InChI=1S/C18H19F3N4O2/c19-18(20,21)12-7-13(10-22-9-12)25-17(27)14-4-2-6-23-16(14)24-8-11-3-1-5-15(11)26/h2,4,6-7,9-11,15,26H,1,3,5,8H2,(H,23,24)(H,25,27)/t11-,15+/m0/s1. The first-order valence-corrected chi connectivity index (χ1v) is 8.55. The summed E-state index contributed by atoms with van der Waals surface area (Å²) in [7, 11) is 0. The van der Waals surface area contributed by atoms with Gasteiger partial charge < -0.3 is 15.7 Å². The van der Waals surface area contributed by atoms with Gasteiger partial charge in [0.05, 0.1) is 29.1 Å². The lowest BCUT2D eigenvalue weighted by molar-refractivity contribution is -0.137. The molecule has 3 N–H and O–H groups in total. The third-order valence-corrected chi connectivity index (χ3v) is 4.53. The van der Waals surface area contributed by atoms with Crippen molar-refractivity contribution in [2.24, 2.45) is 5.92 Å². The van der Waals surface area contributed by atoms with Gasteiger partial charge in [-0.1, -0.05) is 6.42 Å². The molecule has 3 rings (SSSR count). The minimum absolute atomic E-state index is 0.0594. The molecule has 2 aromatic rings. The highest BCUT2D eigenvalue weighted by Crippen LogP contribution is 2.30. The van der Waals surface area contributed by atoms with Crippen molar-refractivity contribution >= 4 is 17.4 Å². The quantitative estimate of drug-likeness (QED) is 0.741. The van der Waals surface area contributed by atoms with Crippen molar-refractivity contribution in [3.63, 3.8) is 0 Å². The Morgan fingerprint density at radius 3 is 2.81 bits per heavy atom. The number of aromatic nitrogens is 2. The molecule has 6 nitrogen and oxygen atoms in total. The van der Waals surface area contributed by atoms with Gasteiger partial charge in [-0.05, 0) is 31.0 Å². The largest absolute Gasteiger partial charge is 0.417 e. The molecule has 1 fully saturated rings. The van der Waals surface area contributed by atoms with Crippen molar-refractivity contribution in [2.75, 3.05) is 17.2 Å². The number of nitrogens with zero attached hydrogens (tertiary/aromatic N) is 2. The summed E-state index contributed by atoms with van der Waals surface area (Å²) in [5, 5.41) is 15.4. The van der Waals surface area contributed by atoms with E-state index >= 15 is 0 Å². The van der Waals surface area contributed by atoms with Gasteiger partial charge in [0.1, 0.15) is 5.82 Å². The average Bonchev–Trinajstić information content (AvgIpc) is 3.04. The molecule has 2 aromatic heterocycles. The molecule has 1 amide bonds. The third-order valence-electron chi connectivity index (χ3n) is 4.53. The maximum atomic E-state index is 12.8. The number of anilines is 2. The first-order valence-electron chi connectivity index (χ1n) is 8.55. The van der Waals surface area contributed by atoms with Gasteiger partial charge in [0, 0.05) is 24.9 Å². The number of alkyl halides is 3. The molecule has 0 unspecified atom stereocenters. The van der Waals surface area contributed by atoms with Crippen LogP contribution in [0.25, 0.3) is 0 Å². The summed E-state index contributed by atoms with van der Waals surface area (Å²) >= 11 is 0. The smallest absolute Gasteiger partial charge is 0.393 e. The molecule has 0 spiro atoms. The molecule has 0 aliphatic heterocycles. The fraction of sp³-hybridized carbons (Fsp3) is 0.389. The fourth-order valence-corrected chi connectivity index (χ4v) is 3.07. The molecule has 0 radical (unpaired) electrons. The Balaban J connectivity index is 1.72. The van der Waals surface area contributed by atoms with Crippen LogP contribution in [-0.4, -0.2) is 33.6 Å². The fourth-order valence-electron chi connectivity index (χ4n) is 3.07. The van der Waals surface area contributed by atoms with Crippen molar-refractivity contribution in [1.82, 2.24) is 9.97 Å². The molecule has 1 aliphatic rings. The number of carbonyl (C=O) groups is 1. The summed E-state index contributed by atoms with van der Waals surface area (Å²) in [6, 6.07) is 3.91. The second kappa shape index (κ2) is 7.91. The van der Waals surface area contributed by atoms with Gasteiger partial charge in [-0.15, -0.1) is 0 Å². The molecule has 144 valence electrons. The van der Waals surface area contributed by atoms with Gasteiger partial charge in [0.15, 0.2) is 0 Å². The van der Waals surface area contributed by atoms with Crippen LogP contribution < -0.4 is 10.6 Å². The number of rotatable bonds is 5. The Morgan fingerprint density at radius 2 is 2.11 bits per heavy atom. The Bertz CT molecular complexity index is 813. The molecule has 1 aliphatic carbocycles. The van der Waals surface area contributed by atoms with E-state index in [0.29, 0.717) is 18.6 Å². The first kappa shape index (κ1) is 19.1. The number of amides is 1. The number of hydrogen-bond donors (Lipinski definition) is 3. The molecule has 0 saturated heterocycles. The predicted molar refractivity (Wildman–Crippen MR) is 93.3 cm³/mol. The van der Waals surface area contributed by atoms with E-state index in [-0.39, 0.29) is 23.3 Å². The van der Waals surface area contributed by atoms with E-state index in [1.807, 2.05) is 0 Å². The lowest BCUT2D eigenvalue weighted by atomic mass is 10.1. The molecule has 0 bridgehead atoms. The van der Waals surface area contributed by atoms with Gasteiger partial charge in [-0.25, -0.2) is 4.98 Å². The van der Waals surface area contributed by atoms with Gasteiger partial charge >= 0.3 is 6.18 Å². The Hall–Kier alpha value is -2.68. The molecular weight excluding hydrogens is 361 g/mol. The van der Waals surface area contributed by atoms with Crippen LogP contribution >= 0.6 is 0 Å². The molecule has 2 heterocycles. The Labute approximate surface area is 153 Å². The van der Waals surface area contributed by atoms with E-state index in [4.69, 9.17) is 0 Å². The van der Waals surface area contributed by atoms with Crippen molar-refractivity contribution in [1.29, 1.82) is 0 Å². The second-order valence-electron chi connectivity index (χ2n) is 6.45. The van der Waals surface area contributed by atoms with Crippen LogP contribution in [0.3, 0.4) is 0 Å². The van der Waals surface area contributed by atoms with Crippen LogP contribution in [0, 0.1) is 5.92 Å². The number of hydrogen-bond acceptors (Lipinski definition) is 5. The molecule has 9 heteroatoms. The molecular formula is C18H19F3N4O2. The molecule has 0 aromatic carbocycles. The van der Waals surface area contributed by atoms with Crippen molar-refractivity contribution in [3.05, 3.63) is 47.9 Å². The zero-order valence-electron chi connectivity index (χ0n) is 14.3. The maximum Gasteiger partial charge on any atom is 0.417 e. The van der Waals surface area contributed by atoms with Crippen LogP contribution in [0.15, 0.2) is 36.8 Å². The van der Waals surface area contributed by atoms with Crippen LogP contribution in [-0.2, 0) is 6.18 Å². The van der Waals surface area contributed by atoms with Gasteiger partial charge in [-0.3, -0.25) is 9.78 Å². The zero-order chi connectivity index (χ0) is 19.4. The number of nitrogens with one attached hydrogen (secondary N) is 2. The van der Waals surface area contributed by atoms with Gasteiger partial charge in [0.25, 0.3) is 5.91 Å². The monoisotopic (exact) mass is 380 g/mol. The number of pyridine rings is 2. The SMILES string of the molecule is O=C(Nc1cncc(C(F)(F)F)c1)c1cccnc1NC[C@@H]1CCC[C@H]1O. The normalized spacial score (nSPS) is 19.7. The highest BCUT2D eigenvalue weighted by atomic mass is 19.4. The van der Waals surface area contributed by atoms with E-state index in [1.165, 1.54) is 12.3 Å². The van der Waals surface area contributed by atoms with Crippen molar-refractivity contribution < 1.29 is 23.1 Å². The number of aliphatic hydroxyl groups is 1. The van der Waals surface area contributed by atoms with E-state index in [9.17, 15) is 23.1 Å². The first-order chi connectivity index (χ1) is 12.8. The number of halogens is 3. The van der Waals surface area contributed by atoms with Crippen LogP contribution in [0.5, 0.6) is 0 Å². The number of carbonyl (C=O) groups excluding carboxylic acids is 1. The Morgan fingerprint density at radius 1 is 1.30 bits per heavy atom. The average molecular weight is 380 g/mol. The molecule has 2 atom stereocenters. The lowest BCUT2D eigenvalue weighted by Crippen LogP contribution is -2.24. The molecule has 1 saturated carbocycles. The minimum atomic E-state index is -4.54. The second-order valence-corrected chi connectivity index (χ2v) is 6.45. The zero-order valence-corrected chi connectivity index (χ0v) is 14.3. The minimum Gasteiger partial charge on any atom is -0.393 e. The molecule has 27 heavy (non-hydrogen) atoms. The van der Waals surface area contributed by atoms with E-state index in [0.717, 1.165) is 31.5 Å². The maximum absolute atomic E-state index is 12.8. The van der Waals surface area contributed by atoms with Crippen LogP contribution in [0.1, 0.15) is 35.2 Å². The Kier molecular flexibility index (Phi) is 5.59. The summed E-state index contributed by atoms with van der Waals surface area (Å²) in [5.74, 6) is -0.205. The lowest BCUT2D eigenvalue weighted by Gasteiger charge is -2.17. The summed E-state index contributed by atoms with van der Waals surface area (Å²) in [6.45, 7) is 0.462. The van der Waals surface area contributed by atoms with Crippen molar-refractivity contribution in [2.45, 2.75) is 31.5 Å². The highest BCUT2D eigenvalue weighted by molar-refractivity contribution is 6.07. The van der Waals surface area contributed by atoms with Gasteiger partial charge in [-0.2, -0.15) is 13.2 Å². The van der Waals surface area contributed by atoms with Crippen LogP contribution in [0.4, 0.5) is 24.7 Å². The highest BCUT2D eigenvalue weighted by Gasteiger charge is 2.31. The topological polar surface area (TPSA) is 87.1 Å². The summed E-state index contributed by atoms with van der Waals surface area (Å²) in [5.41, 5.74) is -0.807. The third kappa shape index (κ3) is 4.73. The van der Waals surface area contributed by atoms with Crippen LogP contribution in [0.2, 0.25) is 0 Å². The number of aliphatic hydroxyl groups excluding tert-OH is 1.